The van der Waals surface area contributed by atoms with E-state index >= 15 is 0 Å². The predicted octanol–water partition coefficient (Wildman–Crippen LogP) is 2.83. The van der Waals surface area contributed by atoms with Gasteiger partial charge in [-0.05, 0) is 30.3 Å². The molecule has 2 aromatic carbocycles. The van der Waals surface area contributed by atoms with Crippen molar-refractivity contribution in [2.24, 2.45) is 0 Å². The van der Waals surface area contributed by atoms with E-state index in [1.54, 1.807) is 53.4 Å². The molecule has 1 N–H and O–H groups in total. The molecule has 0 radical (unpaired) electrons. The van der Waals surface area contributed by atoms with Crippen LogP contribution in [0.1, 0.15) is 10.4 Å². The molecule has 0 spiro atoms. The quantitative estimate of drug-likeness (QED) is 0.873. The lowest BCUT2D eigenvalue weighted by molar-refractivity contribution is -0.118. The summed E-state index contributed by atoms with van der Waals surface area (Å²) in [6.45, 7) is 2.05. The first-order valence-corrected chi connectivity index (χ1v) is 8.65. The monoisotopic (exact) mass is 374 g/mol. The van der Waals surface area contributed by atoms with Crippen LogP contribution in [-0.4, -0.2) is 49.6 Å². The molecule has 1 aliphatic heterocycles. The molecule has 1 saturated heterocycles. The zero-order valence-electron chi connectivity index (χ0n) is 14.1. The molecule has 3 rings (SSSR count). The summed E-state index contributed by atoms with van der Waals surface area (Å²) >= 11 is 5.99. The van der Waals surface area contributed by atoms with Crippen LogP contribution < -0.4 is 10.1 Å². The number of rotatable bonds is 5. The zero-order valence-corrected chi connectivity index (χ0v) is 14.9. The van der Waals surface area contributed by atoms with Gasteiger partial charge < -0.3 is 19.7 Å². The zero-order chi connectivity index (χ0) is 18.4. The summed E-state index contributed by atoms with van der Waals surface area (Å²) in [4.78, 5) is 26.3. The van der Waals surface area contributed by atoms with Crippen LogP contribution in [0.2, 0.25) is 5.02 Å². The van der Waals surface area contributed by atoms with E-state index in [9.17, 15) is 9.59 Å². The normalized spacial score (nSPS) is 14.0. The molecule has 0 bridgehead atoms. The van der Waals surface area contributed by atoms with E-state index in [0.717, 1.165) is 0 Å². The lowest BCUT2D eigenvalue weighted by Crippen LogP contribution is -2.40. The van der Waals surface area contributed by atoms with Crippen molar-refractivity contribution in [3.8, 4) is 5.75 Å². The first-order chi connectivity index (χ1) is 12.6. The van der Waals surface area contributed by atoms with Crippen LogP contribution in [0.4, 0.5) is 5.69 Å². The van der Waals surface area contributed by atoms with Crippen molar-refractivity contribution in [3.63, 3.8) is 0 Å². The second kappa shape index (κ2) is 8.69. The number of hydrogen-bond donors (Lipinski definition) is 1. The molecular weight excluding hydrogens is 356 g/mol. The van der Waals surface area contributed by atoms with Crippen molar-refractivity contribution in [2.75, 3.05) is 38.2 Å². The van der Waals surface area contributed by atoms with Crippen molar-refractivity contribution in [1.29, 1.82) is 0 Å². The van der Waals surface area contributed by atoms with Crippen LogP contribution in [0.25, 0.3) is 0 Å². The van der Waals surface area contributed by atoms with Crippen LogP contribution in [0.5, 0.6) is 5.75 Å². The van der Waals surface area contributed by atoms with Crippen molar-refractivity contribution < 1.29 is 19.1 Å². The third-order valence-corrected chi connectivity index (χ3v) is 4.20. The Morgan fingerprint density at radius 3 is 2.65 bits per heavy atom. The Labute approximate surface area is 156 Å². The minimum absolute atomic E-state index is 0.0725. The van der Waals surface area contributed by atoms with Gasteiger partial charge in [-0.1, -0.05) is 29.8 Å². The first-order valence-electron chi connectivity index (χ1n) is 8.28. The molecule has 0 atom stereocenters. The molecular formula is C19H19ClN2O4. The van der Waals surface area contributed by atoms with Gasteiger partial charge in [0.2, 0.25) is 0 Å². The van der Waals surface area contributed by atoms with E-state index in [-0.39, 0.29) is 18.4 Å². The van der Waals surface area contributed by atoms with Gasteiger partial charge in [0.1, 0.15) is 5.75 Å². The van der Waals surface area contributed by atoms with Crippen molar-refractivity contribution in [2.45, 2.75) is 0 Å². The Balaban J connectivity index is 1.58. The Morgan fingerprint density at radius 1 is 1.12 bits per heavy atom. The molecule has 136 valence electrons. The third-order valence-electron chi connectivity index (χ3n) is 3.89. The highest BCUT2D eigenvalue weighted by molar-refractivity contribution is 6.32. The van der Waals surface area contributed by atoms with Gasteiger partial charge in [-0.2, -0.15) is 0 Å². The average Bonchev–Trinajstić information content (AvgIpc) is 2.68. The SMILES string of the molecule is O=C(COc1ccccc1Cl)Nc1cccc(C(=O)N2CCOCC2)c1. The fourth-order valence-corrected chi connectivity index (χ4v) is 2.77. The van der Waals surface area contributed by atoms with E-state index in [2.05, 4.69) is 5.32 Å². The Hall–Kier alpha value is -2.57. The summed E-state index contributed by atoms with van der Waals surface area (Å²) in [5.74, 6) is 0.0400. The Kier molecular flexibility index (Phi) is 6.09. The standard InChI is InChI=1S/C19H19ClN2O4/c20-16-6-1-2-7-17(16)26-13-18(23)21-15-5-3-4-14(12-15)19(24)22-8-10-25-11-9-22/h1-7,12H,8-11,13H2,(H,21,23). The van der Waals surface area contributed by atoms with Gasteiger partial charge >= 0.3 is 0 Å². The second-order valence-corrected chi connectivity index (χ2v) is 6.16. The number of carbonyl (C=O) groups excluding carboxylic acids is 2. The number of amides is 2. The average molecular weight is 375 g/mol. The minimum atomic E-state index is -0.333. The molecule has 7 heteroatoms. The van der Waals surface area contributed by atoms with Gasteiger partial charge in [0, 0.05) is 24.3 Å². The number of morpholine rings is 1. The van der Waals surface area contributed by atoms with E-state index < -0.39 is 0 Å². The second-order valence-electron chi connectivity index (χ2n) is 5.75. The number of benzene rings is 2. The fraction of sp³-hybridized carbons (Fsp3) is 0.263. The molecule has 1 heterocycles. The maximum Gasteiger partial charge on any atom is 0.262 e. The molecule has 0 aliphatic carbocycles. The number of anilines is 1. The van der Waals surface area contributed by atoms with E-state index in [1.165, 1.54) is 0 Å². The Morgan fingerprint density at radius 2 is 1.88 bits per heavy atom. The van der Waals surface area contributed by atoms with Crippen LogP contribution >= 0.6 is 11.6 Å². The molecule has 0 saturated carbocycles. The maximum atomic E-state index is 12.5. The summed E-state index contributed by atoms with van der Waals surface area (Å²) < 4.78 is 10.7. The van der Waals surface area contributed by atoms with Gasteiger partial charge in [0.25, 0.3) is 11.8 Å². The van der Waals surface area contributed by atoms with Crippen LogP contribution in [0, 0.1) is 0 Å². The lowest BCUT2D eigenvalue weighted by Gasteiger charge is -2.27. The molecule has 2 aromatic rings. The van der Waals surface area contributed by atoms with Crippen molar-refractivity contribution >= 4 is 29.1 Å². The summed E-state index contributed by atoms with van der Waals surface area (Å²) in [6, 6.07) is 13.8. The number of para-hydroxylation sites is 1. The summed E-state index contributed by atoms with van der Waals surface area (Å²) in [5, 5.41) is 3.17. The fourth-order valence-electron chi connectivity index (χ4n) is 2.58. The summed E-state index contributed by atoms with van der Waals surface area (Å²) in [5.41, 5.74) is 1.06. The molecule has 0 aromatic heterocycles. The number of hydrogen-bond acceptors (Lipinski definition) is 4. The number of nitrogens with one attached hydrogen (secondary N) is 1. The van der Waals surface area contributed by atoms with Crippen LogP contribution in [0.15, 0.2) is 48.5 Å². The van der Waals surface area contributed by atoms with Gasteiger partial charge in [0.15, 0.2) is 6.61 Å². The van der Waals surface area contributed by atoms with Crippen LogP contribution in [0.3, 0.4) is 0 Å². The first kappa shape index (κ1) is 18.2. The van der Waals surface area contributed by atoms with Crippen molar-refractivity contribution in [3.05, 3.63) is 59.1 Å². The largest absolute Gasteiger partial charge is 0.482 e. The highest BCUT2D eigenvalue weighted by atomic mass is 35.5. The van der Waals surface area contributed by atoms with Gasteiger partial charge in [0.05, 0.1) is 18.2 Å². The number of ether oxygens (including phenoxy) is 2. The number of nitrogens with zero attached hydrogens (tertiary/aromatic N) is 1. The number of carbonyl (C=O) groups is 2. The third kappa shape index (κ3) is 4.74. The lowest BCUT2D eigenvalue weighted by atomic mass is 10.1. The highest BCUT2D eigenvalue weighted by Gasteiger charge is 2.18. The van der Waals surface area contributed by atoms with Crippen LogP contribution in [-0.2, 0) is 9.53 Å². The van der Waals surface area contributed by atoms with E-state index in [0.29, 0.717) is 48.3 Å². The van der Waals surface area contributed by atoms with E-state index in [4.69, 9.17) is 21.1 Å². The van der Waals surface area contributed by atoms with Gasteiger partial charge in [-0.25, -0.2) is 0 Å². The summed E-state index contributed by atoms with van der Waals surface area (Å²) in [7, 11) is 0. The Bertz CT molecular complexity index is 791. The van der Waals surface area contributed by atoms with Gasteiger partial charge in [-0.15, -0.1) is 0 Å². The summed E-state index contributed by atoms with van der Waals surface area (Å²) in [6.07, 6.45) is 0. The van der Waals surface area contributed by atoms with Crippen molar-refractivity contribution in [1.82, 2.24) is 4.90 Å². The molecule has 1 aliphatic rings. The topological polar surface area (TPSA) is 67.9 Å². The maximum absolute atomic E-state index is 12.5. The number of halogens is 1. The minimum Gasteiger partial charge on any atom is -0.482 e. The molecule has 26 heavy (non-hydrogen) atoms. The van der Waals surface area contributed by atoms with Gasteiger partial charge in [-0.3, -0.25) is 9.59 Å². The van der Waals surface area contributed by atoms with E-state index in [1.807, 2.05) is 0 Å². The molecule has 0 unspecified atom stereocenters. The molecule has 2 amide bonds. The predicted molar refractivity (Wildman–Crippen MR) is 98.7 cm³/mol. The molecule has 6 nitrogen and oxygen atoms in total. The molecule has 1 fully saturated rings. The smallest absolute Gasteiger partial charge is 0.262 e. The highest BCUT2D eigenvalue weighted by Crippen LogP contribution is 2.23.